The highest BCUT2D eigenvalue weighted by atomic mass is 16.7. The second-order valence-corrected chi connectivity index (χ2v) is 6.46. The van der Waals surface area contributed by atoms with E-state index in [4.69, 9.17) is 14.2 Å². The topological polar surface area (TPSA) is 60.0 Å². The Kier molecular flexibility index (Phi) is 3.77. The van der Waals surface area contributed by atoms with Crippen molar-refractivity contribution >= 4 is 6.03 Å². The van der Waals surface area contributed by atoms with Crippen molar-refractivity contribution in [3.8, 4) is 11.5 Å². The van der Waals surface area contributed by atoms with Crippen molar-refractivity contribution in [3.63, 3.8) is 0 Å². The highest BCUT2D eigenvalue weighted by molar-refractivity contribution is 5.75. The fourth-order valence-electron chi connectivity index (χ4n) is 3.43. The molecule has 6 heteroatoms. The summed E-state index contributed by atoms with van der Waals surface area (Å²) in [5, 5.41) is 3.12. The zero-order chi connectivity index (χ0) is 15.7. The van der Waals surface area contributed by atoms with Gasteiger partial charge in [0.2, 0.25) is 6.79 Å². The zero-order valence-corrected chi connectivity index (χ0v) is 13.2. The summed E-state index contributed by atoms with van der Waals surface area (Å²) in [5.41, 5.74) is 1.09. The van der Waals surface area contributed by atoms with Gasteiger partial charge in [-0.05, 0) is 37.0 Å². The maximum absolute atomic E-state index is 12.2. The highest BCUT2D eigenvalue weighted by Gasteiger charge is 2.36. The second kappa shape index (κ2) is 5.92. The Morgan fingerprint density at radius 2 is 1.96 bits per heavy atom. The summed E-state index contributed by atoms with van der Waals surface area (Å²) in [7, 11) is 0. The largest absolute Gasteiger partial charge is 0.454 e. The van der Waals surface area contributed by atoms with Crippen molar-refractivity contribution in [2.45, 2.75) is 24.7 Å². The summed E-state index contributed by atoms with van der Waals surface area (Å²) in [6.07, 6.45) is 2.90. The number of benzene rings is 1. The fourth-order valence-corrected chi connectivity index (χ4v) is 3.43. The SMILES string of the molecule is O=C(NCC1(c2ccc3c(c2)OCO3)CCOCC1)N1CCC1. The minimum absolute atomic E-state index is 0.0443. The summed E-state index contributed by atoms with van der Waals surface area (Å²) in [6.45, 7) is 4.08. The van der Waals surface area contributed by atoms with E-state index in [2.05, 4.69) is 17.4 Å². The molecule has 2 fully saturated rings. The lowest BCUT2D eigenvalue weighted by Gasteiger charge is -2.39. The predicted octanol–water partition coefficient (Wildman–Crippen LogP) is 1.88. The average molecular weight is 318 g/mol. The first-order valence-electron chi connectivity index (χ1n) is 8.28. The number of carbonyl (C=O) groups is 1. The van der Waals surface area contributed by atoms with Gasteiger partial charge in [-0.1, -0.05) is 6.07 Å². The van der Waals surface area contributed by atoms with E-state index in [0.717, 1.165) is 43.9 Å². The van der Waals surface area contributed by atoms with Crippen molar-refractivity contribution in [3.05, 3.63) is 23.8 Å². The molecule has 23 heavy (non-hydrogen) atoms. The third kappa shape index (κ3) is 2.72. The van der Waals surface area contributed by atoms with Crippen LogP contribution in [0.5, 0.6) is 11.5 Å². The van der Waals surface area contributed by atoms with E-state index in [0.29, 0.717) is 19.8 Å². The lowest BCUT2D eigenvalue weighted by molar-refractivity contribution is 0.0496. The minimum Gasteiger partial charge on any atom is -0.454 e. The monoisotopic (exact) mass is 318 g/mol. The van der Waals surface area contributed by atoms with Crippen molar-refractivity contribution in [2.24, 2.45) is 0 Å². The second-order valence-electron chi connectivity index (χ2n) is 6.46. The van der Waals surface area contributed by atoms with Crippen LogP contribution in [-0.4, -0.2) is 50.6 Å². The molecule has 0 saturated carbocycles. The lowest BCUT2D eigenvalue weighted by atomic mass is 9.74. The van der Waals surface area contributed by atoms with Crippen LogP contribution in [-0.2, 0) is 10.2 Å². The molecule has 1 aromatic rings. The van der Waals surface area contributed by atoms with E-state index in [9.17, 15) is 4.79 Å². The van der Waals surface area contributed by atoms with E-state index in [1.165, 1.54) is 5.56 Å². The molecule has 1 N–H and O–H groups in total. The van der Waals surface area contributed by atoms with Gasteiger partial charge in [-0.25, -0.2) is 4.79 Å². The van der Waals surface area contributed by atoms with Gasteiger partial charge in [0.15, 0.2) is 11.5 Å². The quantitative estimate of drug-likeness (QED) is 0.924. The Morgan fingerprint density at radius 3 is 2.70 bits per heavy atom. The number of hydrogen-bond acceptors (Lipinski definition) is 4. The van der Waals surface area contributed by atoms with Gasteiger partial charge >= 0.3 is 6.03 Å². The molecule has 0 bridgehead atoms. The van der Waals surface area contributed by atoms with Crippen LogP contribution in [0.25, 0.3) is 0 Å². The van der Waals surface area contributed by atoms with Crippen LogP contribution in [0.2, 0.25) is 0 Å². The third-order valence-electron chi connectivity index (χ3n) is 5.16. The van der Waals surface area contributed by atoms with Crippen LogP contribution in [0.15, 0.2) is 18.2 Å². The van der Waals surface area contributed by atoms with Crippen LogP contribution in [0.3, 0.4) is 0 Å². The molecule has 0 radical (unpaired) electrons. The number of likely N-dealkylation sites (tertiary alicyclic amines) is 1. The van der Waals surface area contributed by atoms with Gasteiger partial charge in [0.25, 0.3) is 0 Å². The van der Waals surface area contributed by atoms with Gasteiger partial charge in [-0.2, -0.15) is 0 Å². The molecule has 2 saturated heterocycles. The minimum atomic E-state index is -0.0975. The van der Waals surface area contributed by atoms with Gasteiger partial charge < -0.3 is 24.4 Å². The summed E-state index contributed by atoms with van der Waals surface area (Å²) < 4.78 is 16.5. The Balaban J connectivity index is 1.54. The van der Waals surface area contributed by atoms with Crippen molar-refractivity contribution in [1.29, 1.82) is 0 Å². The molecule has 3 aliphatic heterocycles. The number of nitrogens with one attached hydrogen (secondary N) is 1. The van der Waals surface area contributed by atoms with Crippen LogP contribution in [0.4, 0.5) is 4.79 Å². The summed E-state index contributed by atoms with van der Waals surface area (Å²) in [4.78, 5) is 14.0. The Bertz CT molecular complexity index is 594. The van der Waals surface area contributed by atoms with E-state index in [1.807, 2.05) is 11.0 Å². The van der Waals surface area contributed by atoms with Gasteiger partial charge in [0.05, 0.1) is 0 Å². The molecular formula is C17H22N2O4. The van der Waals surface area contributed by atoms with E-state index in [-0.39, 0.29) is 18.2 Å². The first kappa shape index (κ1) is 14.6. The number of fused-ring (bicyclic) bond motifs is 1. The molecule has 0 aliphatic carbocycles. The molecule has 124 valence electrons. The smallest absolute Gasteiger partial charge is 0.317 e. The van der Waals surface area contributed by atoms with Crippen molar-refractivity contribution < 1.29 is 19.0 Å². The maximum Gasteiger partial charge on any atom is 0.317 e. The van der Waals surface area contributed by atoms with Crippen LogP contribution >= 0.6 is 0 Å². The summed E-state index contributed by atoms with van der Waals surface area (Å²) in [6, 6.07) is 6.16. The number of nitrogens with zero attached hydrogens (tertiary/aromatic N) is 1. The standard InChI is InChI=1S/C17H22N2O4/c20-16(19-6-1-7-19)18-11-17(4-8-21-9-5-17)13-2-3-14-15(10-13)23-12-22-14/h2-3,10H,1,4-9,11-12H2,(H,18,20). The molecule has 0 spiro atoms. The predicted molar refractivity (Wildman–Crippen MR) is 83.9 cm³/mol. The number of hydrogen-bond donors (Lipinski definition) is 1. The Morgan fingerprint density at radius 1 is 1.17 bits per heavy atom. The van der Waals surface area contributed by atoms with E-state index in [1.54, 1.807) is 0 Å². The zero-order valence-electron chi connectivity index (χ0n) is 13.2. The molecule has 0 aromatic heterocycles. The summed E-state index contributed by atoms with van der Waals surface area (Å²) in [5.74, 6) is 1.59. The Labute approximate surface area is 135 Å². The molecule has 1 aromatic carbocycles. The van der Waals surface area contributed by atoms with E-state index < -0.39 is 0 Å². The number of rotatable bonds is 3. The molecule has 6 nitrogen and oxygen atoms in total. The number of amides is 2. The third-order valence-corrected chi connectivity index (χ3v) is 5.16. The first-order chi connectivity index (χ1) is 11.3. The van der Waals surface area contributed by atoms with Gasteiger partial charge in [0, 0.05) is 38.3 Å². The Hall–Kier alpha value is -1.95. The molecule has 0 unspecified atom stereocenters. The molecule has 0 atom stereocenters. The number of carbonyl (C=O) groups excluding carboxylic acids is 1. The van der Waals surface area contributed by atoms with Crippen molar-refractivity contribution in [1.82, 2.24) is 10.2 Å². The summed E-state index contributed by atoms with van der Waals surface area (Å²) >= 11 is 0. The normalized spacial score (nSPS) is 21.7. The first-order valence-corrected chi connectivity index (χ1v) is 8.28. The van der Waals surface area contributed by atoms with Crippen LogP contribution in [0.1, 0.15) is 24.8 Å². The molecule has 3 heterocycles. The van der Waals surface area contributed by atoms with Gasteiger partial charge in [0.1, 0.15) is 0 Å². The van der Waals surface area contributed by atoms with Gasteiger partial charge in [-0.15, -0.1) is 0 Å². The molecule has 4 rings (SSSR count). The molecule has 2 amide bonds. The lowest BCUT2D eigenvalue weighted by Crippen LogP contribution is -2.52. The van der Waals surface area contributed by atoms with Gasteiger partial charge in [-0.3, -0.25) is 0 Å². The average Bonchev–Trinajstić information content (AvgIpc) is 3.00. The number of ether oxygens (including phenoxy) is 3. The van der Waals surface area contributed by atoms with Crippen LogP contribution in [0, 0.1) is 0 Å². The number of urea groups is 1. The molecular weight excluding hydrogens is 296 g/mol. The maximum atomic E-state index is 12.2. The van der Waals surface area contributed by atoms with Crippen LogP contribution < -0.4 is 14.8 Å². The van der Waals surface area contributed by atoms with E-state index >= 15 is 0 Å². The highest BCUT2D eigenvalue weighted by Crippen LogP contribution is 2.40. The van der Waals surface area contributed by atoms with Crippen molar-refractivity contribution in [2.75, 3.05) is 39.6 Å². The fraction of sp³-hybridized carbons (Fsp3) is 0.588. The molecule has 3 aliphatic rings.